The van der Waals surface area contributed by atoms with Crippen LogP contribution in [0.3, 0.4) is 0 Å². The number of hydrogen-bond donors (Lipinski definition) is 2. The molecule has 2 amide bonds. The summed E-state index contributed by atoms with van der Waals surface area (Å²) in [4.78, 5) is 21.0. The Morgan fingerprint density at radius 3 is 2.57 bits per heavy atom. The van der Waals surface area contributed by atoms with E-state index in [-0.39, 0.29) is 12.1 Å². The summed E-state index contributed by atoms with van der Waals surface area (Å²) in [6.07, 6.45) is 2.78. The van der Waals surface area contributed by atoms with Crippen molar-refractivity contribution in [2.45, 2.75) is 39.8 Å². The van der Waals surface area contributed by atoms with Crippen molar-refractivity contribution in [2.75, 3.05) is 37.6 Å². The maximum Gasteiger partial charge on any atom is 0.315 e. The summed E-state index contributed by atoms with van der Waals surface area (Å²) in [6.45, 7) is 12.1. The molecule has 1 aliphatic heterocycles. The lowest BCUT2D eigenvalue weighted by atomic mass is 10.2. The molecule has 2 N–H and O–H groups in total. The van der Waals surface area contributed by atoms with Gasteiger partial charge in [-0.1, -0.05) is 19.9 Å². The van der Waals surface area contributed by atoms with E-state index in [9.17, 15) is 4.79 Å². The van der Waals surface area contributed by atoms with Crippen molar-refractivity contribution < 1.29 is 4.79 Å². The highest BCUT2D eigenvalue weighted by molar-refractivity contribution is 5.74. The Bertz CT molecular complexity index is 482. The Morgan fingerprint density at radius 2 is 2.00 bits per heavy atom. The molecule has 0 spiro atoms. The van der Waals surface area contributed by atoms with Gasteiger partial charge < -0.3 is 20.4 Å². The molecule has 2 rings (SSSR count). The van der Waals surface area contributed by atoms with Crippen LogP contribution in [-0.4, -0.2) is 54.7 Å². The van der Waals surface area contributed by atoms with Gasteiger partial charge in [0.15, 0.2) is 0 Å². The second-order valence-corrected chi connectivity index (χ2v) is 6.08. The molecule has 1 fully saturated rings. The summed E-state index contributed by atoms with van der Waals surface area (Å²) < 4.78 is 0. The molecule has 6 heteroatoms. The van der Waals surface area contributed by atoms with Crippen molar-refractivity contribution in [2.24, 2.45) is 0 Å². The summed E-state index contributed by atoms with van der Waals surface area (Å²) in [5.74, 6) is 1.02. The number of nitrogens with zero attached hydrogens (tertiary/aromatic N) is 3. The Balaban J connectivity index is 1.79. The zero-order valence-corrected chi connectivity index (χ0v) is 14.5. The number of anilines is 1. The quantitative estimate of drug-likeness (QED) is 0.840. The number of carbonyl (C=O) groups excluding carboxylic acids is 1. The summed E-state index contributed by atoms with van der Waals surface area (Å²) in [5.41, 5.74) is 1.01. The molecule has 1 saturated heterocycles. The number of urea groups is 1. The highest BCUT2D eigenvalue weighted by Gasteiger charge is 2.16. The highest BCUT2D eigenvalue weighted by atomic mass is 16.2. The molecular formula is C17H29N5O. The Kier molecular flexibility index (Phi) is 6.65. The van der Waals surface area contributed by atoms with Crippen LogP contribution in [0.25, 0.3) is 0 Å². The molecule has 0 radical (unpaired) electrons. The topological polar surface area (TPSA) is 60.5 Å². The van der Waals surface area contributed by atoms with E-state index in [1.54, 1.807) is 0 Å². The van der Waals surface area contributed by atoms with Crippen LogP contribution in [0.15, 0.2) is 18.3 Å². The third-order valence-electron chi connectivity index (χ3n) is 4.40. The SMILES string of the molecule is CCC(C)NC(=O)NCc1ccc(N2CCN(CC)CC2)nc1. The van der Waals surface area contributed by atoms with Crippen LogP contribution in [-0.2, 0) is 6.54 Å². The monoisotopic (exact) mass is 319 g/mol. The molecular weight excluding hydrogens is 290 g/mol. The number of carbonyl (C=O) groups is 1. The predicted octanol–water partition coefficient (Wildman–Crippen LogP) is 1.82. The fraction of sp³-hybridized carbons (Fsp3) is 0.647. The number of piperazine rings is 1. The second-order valence-electron chi connectivity index (χ2n) is 6.08. The van der Waals surface area contributed by atoms with Crippen LogP contribution >= 0.6 is 0 Å². The van der Waals surface area contributed by atoms with Gasteiger partial charge in [-0.3, -0.25) is 0 Å². The van der Waals surface area contributed by atoms with Crippen LogP contribution < -0.4 is 15.5 Å². The van der Waals surface area contributed by atoms with Gasteiger partial charge in [0.05, 0.1) is 0 Å². The number of pyridine rings is 1. The van der Waals surface area contributed by atoms with Gasteiger partial charge in [0.1, 0.15) is 5.82 Å². The van der Waals surface area contributed by atoms with E-state index in [4.69, 9.17) is 0 Å². The molecule has 0 aliphatic carbocycles. The van der Waals surface area contributed by atoms with E-state index in [0.29, 0.717) is 6.54 Å². The van der Waals surface area contributed by atoms with Crippen molar-refractivity contribution in [3.05, 3.63) is 23.9 Å². The Morgan fingerprint density at radius 1 is 1.26 bits per heavy atom. The van der Waals surface area contributed by atoms with Gasteiger partial charge in [-0.2, -0.15) is 0 Å². The standard InChI is InChI=1S/C17H29N5O/c1-4-14(3)20-17(23)19-13-15-6-7-16(18-12-15)22-10-8-21(5-2)9-11-22/h6-7,12,14H,4-5,8-11,13H2,1-3H3,(H2,19,20,23). The fourth-order valence-corrected chi connectivity index (χ4v) is 2.56. The van der Waals surface area contributed by atoms with Crippen molar-refractivity contribution in [3.8, 4) is 0 Å². The lowest BCUT2D eigenvalue weighted by Crippen LogP contribution is -2.46. The number of aromatic nitrogens is 1. The first-order valence-corrected chi connectivity index (χ1v) is 8.59. The lowest BCUT2D eigenvalue weighted by molar-refractivity contribution is 0.237. The van der Waals surface area contributed by atoms with Crippen LogP contribution in [0.4, 0.5) is 10.6 Å². The smallest absolute Gasteiger partial charge is 0.315 e. The summed E-state index contributed by atoms with van der Waals surface area (Å²) in [5, 5.41) is 5.76. The first-order chi connectivity index (χ1) is 11.1. The van der Waals surface area contributed by atoms with E-state index in [1.807, 2.05) is 32.2 Å². The number of rotatable bonds is 6. The van der Waals surface area contributed by atoms with E-state index in [0.717, 1.165) is 50.5 Å². The largest absolute Gasteiger partial charge is 0.354 e. The van der Waals surface area contributed by atoms with E-state index < -0.39 is 0 Å². The fourth-order valence-electron chi connectivity index (χ4n) is 2.56. The van der Waals surface area contributed by atoms with Gasteiger partial charge in [-0.15, -0.1) is 0 Å². The Hall–Kier alpha value is -1.82. The molecule has 1 atom stereocenters. The molecule has 2 heterocycles. The van der Waals surface area contributed by atoms with Gasteiger partial charge in [-0.05, 0) is 31.5 Å². The maximum absolute atomic E-state index is 11.7. The van der Waals surface area contributed by atoms with Gasteiger partial charge in [0.25, 0.3) is 0 Å². The van der Waals surface area contributed by atoms with E-state index in [1.165, 1.54) is 0 Å². The number of nitrogens with one attached hydrogen (secondary N) is 2. The summed E-state index contributed by atoms with van der Waals surface area (Å²) >= 11 is 0. The first-order valence-electron chi connectivity index (χ1n) is 8.59. The van der Waals surface area contributed by atoms with Crippen LogP contribution in [0.1, 0.15) is 32.8 Å². The minimum absolute atomic E-state index is 0.126. The normalized spacial score (nSPS) is 16.9. The molecule has 1 aromatic rings. The second kappa shape index (κ2) is 8.72. The van der Waals surface area contributed by atoms with Crippen LogP contribution in [0.5, 0.6) is 0 Å². The molecule has 1 aliphatic rings. The van der Waals surface area contributed by atoms with Gasteiger partial charge >= 0.3 is 6.03 Å². The van der Waals surface area contributed by atoms with E-state index >= 15 is 0 Å². The van der Waals surface area contributed by atoms with Crippen LogP contribution in [0.2, 0.25) is 0 Å². The van der Waals surface area contributed by atoms with Gasteiger partial charge in [-0.25, -0.2) is 9.78 Å². The third kappa shape index (κ3) is 5.39. The molecule has 1 unspecified atom stereocenters. The molecule has 128 valence electrons. The lowest BCUT2D eigenvalue weighted by Gasteiger charge is -2.34. The maximum atomic E-state index is 11.7. The average Bonchev–Trinajstić information content (AvgIpc) is 2.60. The van der Waals surface area contributed by atoms with Gasteiger partial charge in [0, 0.05) is 45.0 Å². The minimum atomic E-state index is -0.126. The number of amides is 2. The van der Waals surface area contributed by atoms with E-state index in [2.05, 4.69) is 32.3 Å². The summed E-state index contributed by atoms with van der Waals surface area (Å²) in [6, 6.07) is 4.15. The minimum Gasteiger partial charge on any atom is -0.354 e. The Labute approximate surface area is 139 Å². The van der Waals surface area contributed by atoms with Crippen molar-refractivity contribution in [3.63, 3.8) is 0 Å². The van der Waals surface area contributed by atoms with Crippen molar-refractivity contribution in [1.82, 2.24) is 20.5 Å². The van der Waals surface area contributed by atoms with Crippen molar-refractivity contribution in [1.29, 1.82) is 0 Å². The predicted molar refractivity (Wildman–Crippen MR) is 93.7 cm³/mol. The average molecular weight is 319 g/mol. The highest BCUT2D eigenvalue weighted by Crippen LogP contribution is 2.14. The first kappa shape index (κ1) is 17.5. The molecule has 1 aromatic heterocycles. The van der Waals surface area contributed by atoms with Crippen LogP contribution in [0, 0.1) is 0 Å². The molecule has 0 bridgehead atoms. The van der Waals surface area contributed by atoms with Gasteiger partial charge in [0.2, 0.25) is 0 Å². The third-order valence-corrected chi connectivity index (χ3v) is 4.40. The number of hydrogen-bond acceptors (Lipinski definition) is 4. The molecule has 23 heavy (non-hydrogen) atoms. The van der Waals surface area contributed by atoms with Crippen molar-refractivity contribution >= 4 is 11.8 Å². The molecule has 0 aromatic carbocycles. The molecule has 6 nitrogen and oxygen atoms in total. The number of likely N-dealkylation sites (N-methyl/N-ethyl adjacent to an activating group) is 1. The zero-order chi connectivity index (χ0) is 16.7. The zero-order valence-electron chi connectivity index (χ0n) is 14.5. The molecule has 0 saturated carbocycles. The summed E-state index contributed by atoms with van der Waals surface area (Å²) in [7, 11) is 0.